The maximum absolute atomic E-state index is 13.0. The first-order valence-corrected chi connectivity index (χ1v) is 10.0. The number of benzene rings is 3. The number of nitrogens with zero attached hydrogens (tertiary/aromatic N) is 2. The van der Waals surface area contributed by atoms with Gasteiger partial charge >= 0.3 is 6.03 Å². The molecule has 2 atom stereocenters. The minimum absolute atomic E-state index is 0.275. The van der Waals surface area contributed by atoms with Crippen LogP contribution in [0.15, 0.2) is 90.0 Å². The maximum atomic E-state index is 13.0. The van der Waals surface area contributed by atoms with E-state index in [2.05, 4.69) is 41.7 Å². The number of aryl methyl sites for hydroxylation is 1. The van der Waals surface area contributed by atoms with Gasteiger partial charge in [-0.2, -0.15) is 5.10 Å². The first-order chi connectivity index (χ1) is 14.2. The van der Waals surface area contributed by atoms with Crippen LogP contribution in [0.3, 0.4) is 0 Å². The quantitative estimate of drug-likeness (QED) is 0.443. The van der Waals surface area contributed by atoms with Crippen LogP contribution in [-0.4, -0.2) is 12.2 Å². The van der Waals surface area contributed by atoms with Crippen molar-refractivity contribution in [3.05, 3.63) is 96.1 Å². The van der Waals surface area contributed by atoms with Gasteiger partial charge in [0.1, 0.15) is 0 Å². The van der Waals surface area contributed by atoms with Gasteiger partial charge < -0.3 is 0 Å². The Morgan fingerprint density at radius 3 is 2.17 bits per heavy atom. The number of carbonyl (C=O) groups excluding carboxylic acids is 1. The summed E-state index contributed by atoms with van der Waals surface area (Å²) in [6.45, 7) is 2.23. The van der Waals surface area contributed by atoms with Gasteiger partial charge in [-0.25, -0.2) is 10.2 Å². The van der Waals surface area contributed by atoms with E-state index in [4.69, 9.17) is 0 Å². The Balaban J connectivity index is 1.49. The van der Waals surface area contributed by atoms with E-state index in [0.29, 0.717) is 11.8 Å². The van der Waals surface area contributed by atoms with Gasteiger partial charge in [-0.15, -0.1) is 0 Å². The second kappa shape index (κ2) is 8.74. The van der Waals surface area contributed by atoms with Gasteiger partial charge in [0.05, 0.1) is 11.4 Å². The molecule has 146 valence electrons. The molecular formula is C25H25N3O. The number of hydrogen-bond acceptors (Lipinski definition) is 2. The summed E-state index contributed by atoms with van der Waals surface area (Å²) >= 11 is 0. The summed E-state index contributed by atoms with van der Waals surface area (Å²) in [4.78, 5) is 14.6. The van der Waals surface area contributed by atoms with Crippen LogP contribution < -0.4 is 10.3 Å². The Morgan fingerprint density at radius 2 is 1.52 bits per heavy atom. The number of fused-ring (bicyclic) bond motifs is 1. The zero-order valence-corrected chi connectivity index (χ0v) is 16.5. The highest BCUT2D eigenvalue weighted by molar-refractivity contribution is 5.99. The number of hydrogen-bond donors (Lipinski definition) is 1. The number of amides is 2. The number of carbonyl (C=O) groups is 1. The molecule has 0 fully saturated rings. The Morgan fingerprint density at radius 1 is 0.931 bits per heavy atom. The van der Waals surface area contributed by atoms with Gasteiger partial charge in [-0.3, -0.25) is 4.90 Å². The molecule has 0 saturated heterocycles. The van der Waals surface area contributed by atoms with Crippen molar-refractivity contribution in [2.75, 3.05) is 4.90 Å². The zero-order valence-electron chi connectivity index (χ0n) is 16.5. The Hall–Kier alpha value is -3.40. The molecular weight excluding hydrogens is 358 g/mol. The maximum Gasteiger partial charge on any atom is 0.346 e. The molecule has 3 aromatic rings. The van der Waals surface area contributed by atoms with Gasteiger partial charge in [0.2, 0.25) is 0 Å². The molecule has 0 aliphatic heterocycles. The predicted molar refractivity (Wildman–Crippen MR) is 119 cm³/mol. The summed E-state index contributed by atoms with van der Waals surface area (Å²) in [5, 5.41) is 4.32. The van der Waals surface area contributed by atoms with Gasteiger partial charge in [0.25, 0.3) is 0 Å². The van der Waals surface area contributed by atoms with Crippen molar-refractivity contribution in [1.82, 2.24) is 5.43 Å². The van der Waals surface area contributed by atoms with Gasteiger partial charge in [-0.05, 0) is 54.2 Å². The third kappa shape index (κ3) is 4.21. The van der Waals surface area contributed by atoms with Crippen LogP contribution in [0.1, 0.15) is 30.4 Å². The Bertz CT molecular complexity index is 946. The molecule has 0 radical (unpaired) electrons. The summed E-state index contributed by atoms with van der Waals surface area (Å²) in [6.07, 6.45) is 3.98. The molecule has 0 aromatic heterocycles. The standard InChI is InChI=1S/C25H25N3O/c1-19-21(17-16-20-10-8-9-15-24(19)20)18-26-27-25(29)28(22-11-4-2-5-12-22)23-13-6-3-7-14-23/h2-15,18-19,21H,16-17H2,1H3,(H,27,29). The van der Waals surface area contributed by atoms with Crippen LogP contribution in [-0.2, 0) is 6.42 Å². The molecule has 4 nitrogen and oxygen atoms in total. The molecule has 3 aromatic carbocycles. The third-order valence-corrected chi connectivity index (χ3v) is 5.59. The van der Waals surface area contributed by atoms with E-state index in [0.717, 1.165) is 24.2 Å². The molecule has 29 heavy (non-hydrogen) atoms. The molecule has 0 bridgehead atoms. The van der Waals surface area contributed by atoms with Crippen LogP contribution in [0.4, 0.5) is 16.2 Å². The lowest BCUT2D eigenvalue weighted by atomic mass is 9.77. The van der Waals surface area contributed by atoms with Crippen molar-refractivity contribution in [1.29, 1.82) is 0 Å². The molecule has 1 aliphatic carbocycles. The molecule has 4 rings (SSSR count). The van der Waals surface area contributed by atoms with E-state index >= 15 is 0 Å². The van der Waals surface area contributed by atoms with Gasteiger partial charge in [0, 0.05) is 12.1 Å². The highest BCUT2D eigenvalue weighted by Gasteiger charge is 2.24. The molecule has 1 N–H and O–H groups in total. The average Bonchev–Trinajstić information content (AvgIpc) is 2.77. The van der Waals surface area contributed by atoms with E-state index in [9.17, 15) is 4.79 Å². The number of hydrazone groups is 1. The molecule has 0 heterocycles. The largest absolute Gasteiger partial charge is 0.346 e. The smallest absolute Gasteiger partial charge is 0.262 e. The number of rotatable bonds is 4. The second-order valence-electron chi connectivity index (χ2n) is 7.39. The fourth-order valence-electron chi connectivity index (χ4n) is 3.99. The van der Waals surface area contributed by atoms with Crippen molar-refractivity contribution in [2.45, 2.75) is 25.7 Å². The average molecular weight is 383 g/mol. The number of urea groups is 1. The van der Waals surface area contributed by atoms with Crippen LogP contribution in [0.25, 0.3) is 0 Å². The van der Waals surface area contributed by atoms with E-state index < -0.39 is 0 Å². The normalized spacial score (nSPS) is 18.2. The predicted octanol–water partition coefficient (Wildman–Crippen LogP) is 5.89. The highest BCUT2D eigenvalue weighted by atomic mass is 16.2. The number of anilines is 2. The molecule has 0 saturated carbocycles. The summed E-state index contributed by atoms with van der Waals surface area (Å²) < 4.78 is 0. The lowest BCUT2D eigenvalue weighted by Crippen LogP contribution is -2.34. The Kier molecular flexibility index (Phi) is 5.71. The topological polar surface area (TPSA) is 44.7 Å². The van der Waals surface area contributed by atoms with E-state index in [-0.39, 0.29) is 6.03 Å². The minimum Gasteiger partial charge on any atom is -0.262 e. The lowest BCUT2D eigenvalue weighted by Gasteiger charge is -2.28. The van der Waals surface area contributed by atoms with Gasteiger partial charge in [0.15, 0.2) is 0 Å². The summed E-state index contributed by atoms with van der Waals surface area (Å²) in [5.41, 5.74) is 7.13. The fourth-order valence-corrected chi connectivity index (χ4v) is 3.99. The number of nitrogens with one attached hydrogen (secondary N) is 1. The van der Waals surface area contributed by atoms with Gasteiger partial charge in [-0.1, -0.05) is 67.6 Å². The van der Waals surface area contributed by atoms with Crippen molar-refractivity contribution >= 4 is 23.6 Å². The third-order valence-electron chi connectivity index (χ3n) is 5.59. The molecule has 4 heteroatoms. The van der Waals surface area contributed by atoms with E-state index in [1.54, 1.807) is 4.90 Å². The Labute approximate surface area is 171 Å². The van der Waals surface area contributed by atoms with Crippen LogP contribution in [0.5, 0.6) is 0 Å². The molecule has 2 amide bonds. The fraction of sp³-hybridized carbons (Fsp3) is 0.200. The SMILES string of the molecule is CC1c2ccccc2CCC1C=NNC(=O)N(c1ccccc1)c1ccccc1. The minimum atomic E-state index is -0.275. The zero-order chi connectivity index (χ0) is 20.1. The monoisotopic (exact) mass is 383 g/mol. The van der Waals surface area contributed by atoms with Crippen LogP contribution in [0, 0.1) is 5.92 Å². The van der Waals surface area contributed by atoms with E-state index in [1.807, 2.05) is 66.9 Å². The van der Waals surface area contributed by atoms with E-state index in [1.165, 1.54) is 11.1 Å². The second-order valence-corrected chi connectivity index (χ2v) is 7.39. The summed E-state index contributed by atoms with van der Waals surface area (Å²) in [5.74, 6) is 0.701. The molecule has 1 aliphatic rings. The summed E-state index contributed by atoms with van der Waals surface area (Å²) in [7, 11) is 0. The first-order valence-electron chi connectivity index (χ1n) is 10.0. The lowest BCUT2D eigenvalue weighted by molar-refractivity contribution is 0.249. The van der Waals surface area contributed by atoms with Crippen molar-refractivity contribution < 1.29 is 4.79 Å². The molecule has 0 spiro atoms. The number of para-hydroxylation sites is 2. The first kappa shape index (κ1) is 18.9. The van der Waals surface area contributed by atoms with Crippen molar-refractivity contribution in [3.8, 4) is 0 Å². The van der Waals surface area contributed by atoms with Crippen molar-refractivity contribution in [2.24, 2.45) is 11.0 Å². The summed E-state index contributed by atoms with van der Waals surface area (Å²) in [6, 6.07) is 27.5. The van der Waals surface area contributed by atoms with Crippen LogP contribution in [0.2, 0.25) is 0 Å². The highest BCUT2D eigenvalue weighted by Crippen LogP contribution is 2.34. The van der Waals surface area contributed by atoms with Crippen molar-refractivity contribution in [3.63, 3.8) is 0 Å². The van der Waals surface area contributed by atoms with Crippen LogP contribution >= 0.6 is 0 Å². The molecule has 2 unspecified atom stereocenters.